The lowest BCUT2D eigenvalue weighted by Gasteiger charge is -2.37. The van der Waals surface area contributed by atoms with Crippen molar-refractivity contribution in [2.24, 2.45) is 11.8 Å². The maximum Gasteiger partial charge on any atom is -0.00791 e. The molecule has 3 aromatic rings. The Kier molecular flexibility index (Phi) is 4.01. The van der Waals surface area contributed by atoms with E-state index in [0.717, 1.165) is 18.3 Å². The van der Waals surface area contributed by atoms with E-state index in [1.807, 2.05) is 0 Å². The predicted molar refractivity (Wildman–Crippen MR) is 121 cm³/mol. The zero-order chi connectivity index (χ0) is 19.4. The Morgan fingerprint density at radius 3 is 2.41 bits per heavy atom. The Balaban J connectivity index is 1.66. The summed E-state index contributed by atoms with van der Waals surface area (Å²) < 4.78 is 0. The molecule has 0 aromatic heterocycles. The highest BCUT2D eigenvalue weighted by molar-refractivity contribution is 5.69. The van der Waals surface area contributed by atoms with Gasteiger partial charge in [-0.05, 0) is 81.2 Å². The largest absolute Gasteiger partial charge is 0.0722 e. The van der Waals surface area contributed by atoms with Gasteiger partial charge in [-0.15, -0.1) is 0 Å². The summed E-state index contributed by atoms with van der Waals surface area (Å²) in [5.74, 6) is 1.74. The topological polar surface area (TPSA) is 0 Å². The zero-order valence-corrected chi connectivity index (χ0v) is 17.2. The van der Waals surface area contributed by atoms with Crippen molar-refractivity contribution in [2.45, 2.75) is 45.4 Å². The second kappa shape index (κ2) is 6.73. The molecular weight excluding hydrogens is 348 g/mol. The SMILES string of the molecule is Cc1cccc(C2=c3ccc4c(c3CC(C3CCC3)C2)CC=c2ccccc2=4)c1. The van der Waals surface area contributed by atoms with Crippen LogP contribution in [0.3, 0.4) is 0 Å². The molecule has 1 unspecified atom stereocenters. The lowest BCUT2D eigenvalue weighted by atomic mass is 9.67. The molecule has 1 atom stereocenters. The molecular formula is C29H28. The first-order chi connectivity index (χ1) is 14.3. The molecule has 29 heavy (non-hydrogen) atoms. The quantitative estimate of drug-likeness (QED) is 0.578. The third-order valence-electron chi connectivity index (χ3n) is 7.65. The first kappa shape index (κ1) is 17.3. The van der Waals surface area contributed by atoms with E-state index >= 15 is 0 Å². The van der Waals surface area contributed by atoms with Crippen molar-refractivity contribution in [3.05, 3.63) is 104 Å². The fraction of sp³-hybridized carbons (Fsp3) is 0.310. The van der Waals surface area contributed by atoms with Gasteiger partial charge in [0.05, 0.1) is 0 Å². The molecule has 3 aliphatic carbocycles. The maximum absolute atomic E-state index is 2.44. The molecule has 0 heteroatoms. The van der Waals surface area contributed by atoms with Crippen molar-refractivity contribution in [1.82, 2.24) is 0 Å². The molecule has 0 spiro atoms. The van der Waals surface area contributed by atoms with E-state index < -0.39 is 0 Å². The lowest BCUT2D eigenvalue weighted by Crippen LogP contribution is -2.33. The van der Waals surface area contributed by atoms with E-state index in [-0.39, 0.29) is 0 Å². The van der Waals surface area contributed by atoms with Gasteiger partial charge in [-0.3, -0.25) is 0 Å². The highest BCUT2D eigenvalue weighted by Gasteiger charge is 2.32. The molecule has 6 rings (SSSR count). The summed E-state index contributed by atoms with van der Waals surface area (Å²) >= 11 is 0. The minimum atomic E-state index is 0.815. The van der Waals surface area contributed by atoms with Crippen LogP contribution >= 0.6 is 0 Å². The highest BCUT2D eigenvalue weighted by Crippen LogP contribution is 2.41. The van der Waals surface area contributed by atoms with E-state index in [0.29, 0.717) is 0 Å². The second-order valence-corrected chi connectivity index (χ2v) is 9.32. The fourth-order valence-electron chi connectivity index (χ4n) is 5.88. The van der Waals surface area contributed by atoms with E-state index in [9.17, 15) is 0 Å². The van der Waals surface area contributed by atoms with E-state index in [1.165, 1.54) is 64.1 Å². The summed E-state index contributed by atoms with van der Waals surface area (Å²) in [6.07, 6.45) is 10.3. The first-order valence-corrected chi connectivity index (χ1v) is 11.3. The van der Waals surface area contributed by atoms with Crippen LogP contribution in [0.1, 0.15) is 47.9 Å². The number of hydrogen-bond donors (Lipinski definition) is 0. The normalized spacial score (nSPS) is 20.2. The molecule has 0 bridgehead atoms. The number of benzene rings is 3. The number of fused-ring (bicyclic) bond motifs is 4. The summed E-state index contributed by atoms with van der Waals surface area (Å²) in [7, 11) is 0. The van der Waals surface area contributed by atoms with Crippen LogP contribution in [0.2, 0.25) is 0 Å². The van der Waals surface area contributed by atoms with E-state index in [4.69, 9.17) is 0 Å². The van der Waals surface area contributed by atoms with Crippen LogP contribution in [0.5, 0.6) is 0 Å². The summed E-state index contributed by atoms with van der Waals surface area (Å²) in [5, 5.41) is 5.81. The van der Waals surface area contributed by atoms with Crippen molar-refractivity contribution in [3.63, 3.8) is 0 Å². The molecule has 0 N–H and O–H groups in total. The number of hydrogen-bond acceptors (Lipinski definition) is 0. The van der Waals surface area contributed by atoms with Crippen LogP contribution in [-0.2, 0) is 12.8 Å². The molecule has 144 valence electrons. The molecule has 0 saturated heterocycles. The molecule has 3 aromatic carbocycles. The second-order valence-electron chi connectivity index (χ2n) is 9.32. The summed E-state index contributed by atoms with van der Waals surface area (Å²) in [4.78, 5) is 0. The van der Waals surface area contributed by atoms with Crippen LogP contribution in [0.15, 0.2) is 60.7 Å². The molecule has 3 aliphatic rings. The molecule has 0 nitrogen and oxygen atoms in total. The molecule has 0 radical (unpaired) electrons. The Labute approximate surface area is 172 Å². The van der Waals surface area contributed by atoms with E-state index in [1.54, 1.807) is 16.7 Å². The third kappa shape index (κ3) is 2.81. The molecule has 1 saturated carbocycles. The predicted octanol–water partition coefficient (Wildman–Crippen LogP) is 5.18. The molecule has 0 amide bonds. The number of rotatable bonds is 2. The van der Waals surface area contributed by atoms with Crippen molar-refractivity contribution >= 4 is 11.6 Å². The molecule has 1 fully saturated rings. The van der Waals surface area contributed by atoms with Crippen molar-refractivity contribution in [2.75, 3.05) is 0 Å². The van der Waals surface area contributed by atoms with Gasteiger partial charge in [-0.1, -0.05) is 91.6 Å². The Bertz CT molecular complexity index is 1320. The van der Waals surface area contributed by atoms with E-state index in [2.05, 4.69) is 73.7 Å². The lowest BCUT2D eigenvalue weighted by molar-refractivity contribution is 0.205. The van der Waals surface area contributed by atoms with Gasteiger partial charge in [0, 0.05) is 0 Å². The van der Waals surface area contributed by atoms with Crippen LogP contribution in [0.25, 0.3) is 11.6 Å². The Morgan fingerprint density at radius 2 is 1.59 bits per heavy atom. The van der Waals surface area contributed by atoms with Crippen molar-refractivity contribution in [1.29, 1.82) is 0 Å². The monoisotopic (exact) mass is 376 g/mol. The van der Waals surface area contributed by atoms with Gasteiger partial charge < -0.3 is 0 Å². The summed E-state index contributed by atoms with van der Waals surface area (Å²) in [6.45, 7) is 2.22. The maximum atomic E-state index is 2.44. The van der Waals surface area contributed by atoms with Crippen molar-refractivity contribution < 1.29 is 0 Å². The van der Waals surface area contributed by atoms with Crippen LogP contribution in [0, 0.1) is 29.2 Å². The van der Waals surface area contributed by atoms with Crippen LogP contribution in [0.4, 0.5) is 0 Å². The Morgan fingerprint density at radius 1 is 0.724 bits per heavy atom. The van der Waals surface area contributed by atoms with Crippen LogP contribution in [-0.4, -0.2) is 0 Å². The van der Waals surface area contributed by atoms with Gasteiger partial charge in [0.1, 0.15) is 0 Å². The summed E-state index contributed by atoms with van der Waals surface area (Å²) in [6, 6.07) is 22.9. The van der Waals surface area contributed by atoms with Gasteiger partial charge in [-0.25, -0.2) is 0 Å². The molecule has 0 aliphatic heterocycles. The Hall–Kier alpha value is -2.60. The minimum Gasteiger partial charge on any atom is -0.0722 e. The average Bonchev–Trinajstić information content (AvgIpc) is 2.71. The third-order valence-corrected chi connectivity index (χ3v) is 7.65. The standard InChI is InChI=1S/C29H28/c1-19-6-4-10-22(16-19)28-17-23(20-8-5-9-20)18-29-26-13-12-21-7-2-3-11-24(21)25(26)14-15-27(28)29/h2-4,6-7,10-12,14-16,20,23H,5,8-9,13,17-18H2,1H3. The molecule has 0 heterocycles. The number of aryl methyl sites for hydroxylation is 1. The minimum absolute atomic E-state index is 0.815. The van der Waals surface area contributed by atoms with Gasteiger partial charge >= 0.3 is 0 Å². The smallest absolute Gasteiger partial charge is 0.00791 e. The average molecular weight is 377 g/mol. The first-order valence-electron chi connectivity index (χ1n) is 11.3. The van der Waals surface area contributed by atoms with Gasteiger partial charge in [0.25, 0.3) is 0 Å². The van der Waals surface area contributed by atoms with Gasteiger partial charge in [-0.2, -0.15) is 0 Å². The summed E-state index contributed by atoms with van der Waals surface area (Å²) in [5.41, 5.74) is 7.63. The van der Waals surface area contributed by atoms with Gasteiger partial charge in [0.15, 0.2) is 0 Å². The van der Waals surface area contributed by atoms with Crippen LogP contribution < -0.4 is 10.4 Å². The fourth-order valence-corrected chi connectivity index (χ4v) is 5.88. The van der Waals surface area contributed by atoms with Crippen molar-refractivity contribution in [3.8, 4) is 0 Å². The zero-order valence-electron chi connectivity index (χ0n) is 17.2. The highest BCUT2D eigenvalue weighted by atomic mass is 14.4. The van der Waals surface area contributed by atoms with Gasteiger partial charge in [0.2, 0.25) is 0 Å².